The third-order valence-electron chi connectivity index (χ3n) is 2.31. The normalized spacial score (nSPS) is 17.3. The molecule has 0 aromatic carbocycles. The number of nitrogens with zero attached hydrogens (tertiary/aromatic N) is 1. The maximum atomic E-state index is 11.8. The zero-order valence-corrected chi connectivity index (χ0v) is 10.7. The van der Waals surface area contributed by atoms with Crippen LogP contribution in [0.15, 0.2) is 18.3 Å². The fraction of sp³-hybridized carbons (Fsp3) is 0.250. The standard InChI is InChI=1S/C12H11N3O3S/c16-5-1-2-8-3-4-13-10(6-8)15-11(17)9-7-19-12(18)14-9/h3-4,6,9,16H,5,7H2,(H,14,18)(H,13,15,17). The van der Waals surface area contributed by atoms with E-state index in [1.54, 1.807) is 12.1 Å². The van der Waals surface area contributed by atoms with E-state index < -0.39 is 6.04 Å². The summed E-state index contributed by atoms with van der Waals surface area (Å²) in [6.45, 7) is -0.227. The van der Waals surface area contributed by atoms with Crippen LogP contribution in [0.2, 0.25) is 0 Å². The van der Waals surface area contributed by atoms with Crippen LogP contribution in [-0.2, 0) is 4.79 Å². The predicted molar refractivity (Wildman–Crippen MR) is 71.6 cm³/mol. The van der Waals surface area contributed by atoms with Crippen LogP contribution in [0.1, 0.15) is 5.56 Å². The molecule has 2 amide bonds. The minimum Gasteiger partial charge on any atom is -0.384 e. The Kier molecular flexibility index (Phi) is 4.39. The Morgan fingerprint density at radius 2 is 2.53 bits per heavy atom. The fourth-order valence-electron chi connectivity index (χ4n) is 1.46. The number of aliphatic hydroxyl groups is 1. The maximum Gasteiger partial charge on any atom is 0.279 e. The molecule has 0 saturated carbocycles. The molecule has 1 aliphatic heterocycles. The van der Waals surface area contributed by atoms with Gasteiger partial charge in [-0.2, -0.15) is 0 Å². The van der Waals surface area contributed by atoms with Crippen LogP contribution in [-0.4, -0.2) is 39.6 Å². The lowest BCUT2D eigenvalue weighted by molar-refractivity contribution is -0.117. The van der Waals surface area contributed by atoms with E-state index in [0.29, 0.717) is 17.1 Å². The van der Waals surface area contributed by atoms with Crippen LogP contribution < -0.4 is 10.6 Å². The number of carbonyl (C=O) groups is 2. The van der Waals surface area contributed by atoms with Crippen molar-refractivity contribution in [3.63, 3.8) is 0 Å². The highest BCUT2D eigenvalue weighted by Gasteiger charge is 2.28. The number of thioether (sulfide) groups is 1. The Labute approximate surface area is 114 Å². The number of nitrogens with one attached hydrogen (secondary N) is 2. The van der Waals surface area contributed by atoms with E-state index in [-0.39, 0.29) is 17.8 Å². The molecule has 2 rings (SSSR count). The third kappa shape index (κ3) is 3.71. The molecular weight excluding hydrogens is 266 g/mol. The third-order valence-corrected chi connectivity index (χ3v) is 3.19. The molecular formula is C12H11N3O3S. The molecule has 19 heavy (non-hydrogen) atoms. The van der Waals surface area contributed by atoms with E-state index >= 15 is 0 Å². The van der Waals surface area contributed by atoms with Gasteiger partial charge in [-0.3, -0.25) is 9.59 Å². The van der Waals surface area contributed by atoms with Crippen molar-refractivity contribution in [2.45, 2.75) is 6.04 Å². The fourth-order valence-corrected chi connectivity index (χ4v) is 2.24. The molecule has 0 spiro atoms. The first kappa shape index (κ1) is 13.4. The van der Waals surface area contributed by atoms with Gasteiger partial charge in [0, 0.05) is 17.5 Å². The topological polar surface area (TPSA) is 91.3 Å². The van der Waals surface area contributed by atoms with E-state index in [4.69, 9.17) is 5.11 Å². The van der Waals surface area contributed by atoms with E-state index in [9.17, 15) is 9.59 Å². The van der Waals surface area contributed by atoms with Crippen molar-refractivity contribution in [3.05, 3.63) is 23.9 Å². The molecule has 2 heterocycles. The highest BCUT2D eigenvalue weighted by molar-refractivity contribution is 8.14. The highest BCUT2D eigenvalue weighted by Crippen LogP contribution is 2.14. The van der Waals surface area contributed by atoms with Gasteiger partial charge in [0.15, 0.2) is 0 Å². The zero-order valence-electron chi connectivity index (χ0n) is 9.84. The molecule has 3 N–H and O–H groups in total. The SMILES string of the molecule is O=C1NC(C(=O)Nc2cc(C#CCO)ccn2)CS1. The van der Waals surface area contributed by atoms with E-state index in [2.05, 4.69) is 27.5 Å². The summed E-state index contributed by atoms with van der Waals surface area (Å²) in [7, 11) is 0. The lowest BCUT2D eigenvalue weighted by Gasteiger charge is -2.09. The van der Waals surface area contributed by atoms with E-state index in [1.165, 1.54) is 6.20 Å². The van der Waals surface area contributed by atoms with Crippen molar-refractivity contribution < 1.29 is 14.7 Å². The van der Waals surface area contributed by atoms with Gasteiger partial charge in [0.1, 0.15) is 18.5 Å². The summed E-state index contributed by atoms with van der Waals surface area (Å²) in [5.41, 5.74) is 0.643. The van der Waals surface area contributed by atoms with Gasteiger partial charge in [0.2, 0.25) is 5.91 Å². The summed E-state index contributed by atoms with van der Waals surface area (Å²) in [6, 6.07) is 2.74. The van der Waals surface area contributed by atoms with Gasteiger partial charge in [-0.15, -0.1) is 0 Å². The second-order valence-corrected chi connectivity index (χ2v) is 4.67. The first-order valence-corrected chi connectivity index (χ1v) is 6.47. The molecule has 1 fully saturated rings. The minimum absolute atomic E-state index is 0.198. The van der Waals surface area contributed by atoms with Gasteiger partial charge in [0.25, 0.3) is 5.24 Å². The van der Waals surface area contributed by atoms with Crippen LogP contribution in [0.4, 0.5) is 10.6 Å². The Bertz CT molecular complexity index is 565. The molecule has 0 radical (unpaired) electrons. The summed E-state index contributed by atoms with van der Waals surface area (Å²) in [4.78, 5) is 26.8. The molecule has 1 aliphatic rings. The van der Waals surface area contributed by atoms with Crippen molar-refractivity contribution >= 4 is 28.7 Å². The average molecular weight is 277 g/mol. The first-order chi connectivity index (χ1) is 9.19. The second-order valence-electron chi connectivity index (χ2n) is 3.67. The number of aliphatic hydroxyl groups excluding tert-OH is 1. The Balaban J connectivity index is 2.02. The molecule has 1 aromatic rings. The molecule has 0 aliphatic carbocycles. The van der Waals surface area contributed by atoms with Crippen molar-refractivity contribution in [1.29, 1.82) is 0 Å². The zero-order chi connectivity index (χ0) is 13.7. The molecule has 1 unspecified atom stereocenters. The Morgan fingerprint density at radius 1 is 1.68 bits per heavy atom. The van der Waals surface area contributed by atoms with E-state index in [1.807, 2.05) is 0 Å². The van der Waals surface area contributed by atoms with Gasteiger partial charge >= 0.3 is 0 Å². The number of rotatable bonds is 2. The van der Waals surface area contributed by atoms with Gasteiger partial charge in [-0.1, -0.05) is 23.6 Å². The number of aromatic nitrogens is 1. The number of carbonyl (C=O) groups excluding carboxylic acids is 2. The second kappa shape index (κ2) is 6.22. The molecule has 0 bridgehead atoms. The summed E-state index contributed by atoms with van der Waals surface area (Å²) < 4.78 is 0. The van der Waals surface area contributed by atoms with Crippen molar-refractivity contribution in [2.75, 3.05) is 17.7 Å². The number of anilines is 1. The number of hydrogen-bond acceptors (Lipinski definition) is 5. The highest BCUT2D eigenvalue weighted by atomic mass is 32.2. The number of amides is 2. The van der Waals surface area contributed by atoms with Crippen molar-refractivity contribution in [1.82, 2.24) is 10.3 Å². The van der Waals surface area contributed by atoms with Gasteiger partial charge in [-0.05, 0) is 12.1 Å². The molecule has 1 aromatic heterocycles. The minimum atomic E-state index is -0.536. The predicted octanol–water partition coefficient (Wildman–Crippen LogP) is 0.189. The first-order valence-electron chi connectivity index (χ1n) is 5.49. The van der Waals surface area contributed by atoms with E-state index in [0.717, 1.165) is 11.8 Å². The van der Waals surface area contributed by atoms with Gasteiger partial charge in [-0.25, -0.2) is 4.98 Å². The molecule has 1 saturated heterocycles. The smallest absolute Gasteiger partial charge is 0.279 e. The van der Waals surface area contributed by atoms with Crippen LogP contribution >= 0.6 is 11.8 Å². The van der Waals surface area contributed by atoms with Gasteiger partial charge in [0.05, 0.1) is 0 Å². The quantitative estimate of drug-likeness (QED) is 0.671. The lowest BCUT2D eigenvalue weighted by Crippen LogP contribution is -2.38. The summed E-state index contributed by atoms with van der Waals surface area (Å²) in [6.07, 6.45) is 1.51. The Hall–Kier alpha value is -2.04. The molecule has 7 heteroatoms. The van der Waals surface area contributed by atoms with Crippen LogP contribution in [0, 0.1) is 11.8 Å². The molecule has 6 nitrogen and oxygen atoms in total. The average Bonchev–Trinajstić information content (AvgIpc) is 2.83. The molecule has 1 atom stereocenters. The van der Waals surface area contributed by atoms with Crippen LogP contribution in [0.25, 0.3) is 0 Å². The number of pyridine rings is 1. The summed E-state index contributed by atoms with van der Waals surface area (Å²) in [5, 5.41) is 13.6. The lowest BCUT2D eigenvalue weighted by atomic mass is 10.2. The Morgan fingerprint density at radius 3 is 3.21 bits per heavy atom. The van der Waals surface area contributed by atoms with Crippen LogP contribution in [0.3, 0.4) is 0 Å². The molecule has 98 valence electrons. The summed E-state index contributed by atoms with van der Waals surface area (Å²) >= 11 is 1.08. The number of hydrogen-bond donors (Lipinski definition) is 3. The monoisotopic (exact) mass is 277 g/mol. The summed E-state index contributed by atoms with van der Waals surface area (Å²) in [5.74, 6) is 5.70. The van der Waals surface area contributed by atoms with Crippen LogP contribution in [0.5, 0.6) is 0 Å². The maximum absolute atomic E-state index is 11.8. The largest absolute Gasteiger partial charge is 0.384 e. The van der Waals surface area contributed by atoms with Gasteiger partial charge < -0.3 is 15.7 Å². The van der Waals surface area contributed by atoms with Crippen molar-refractivity contribution in [2.24, 2.45) is 0 Å². The van der Waals surface area contributed by atoms with Crippen molar-refractivity contribution in [3.8, 4) is 11.8 Å².